The zero-order chi connectivity index (χ0) is 11.8. The molecule has 1 aromatic carbocycles. The lowest BCUT2D eigenvalue weighted by Crippen LogP contribution is -2.24. The van der Waals surface area contributed by atoms with Gasteiger partial charge >= 0.3 is 0 Å². The lowest BCUT2D eigenvalue weighted by Gasteiger charge is -2.10. The van der Waals surface area contributed by atoms with Gasteiger partial charge in [-0.2, -0.15) is 0 Å². The fourth-order valence-corrected chi connectivity index (χ4v) is 2.29. The van der Waals surface area contributed by atoms with E-state index in [1.54, 1.807) is 6.33 Å². The predicted molar refractivity (Wildman–Crippen MR) is 65.8 cm³/mol. The van der Waals surface area contributed by atoms with Gasteiger partial charge in [-0.05, 0) is 11.6 Å². The molecule has 0 unspecified atom stereocenters. The first kappa shape index (κ1) is 10.4. The Hall–Kier alpha value is -1.81. The Morgan fingerprint density at radius 3 is 3.12 bits per heavy atom. The van der Waals surface area contributed by atoms with Gasteiger partial charge in [-0.15, -0.1) is 0 Å². The van der Waals surface area contributed by atoms with Gasteiger partial charge < -0.3 is 15.0 Å². The Bertz CT molecular complexity index is 547. The second kappa shape index (κ2) is 3.89. The molecule has 2 aromatic rings. The summed E-state index contributed by atoms with van der Waals surface area (Å²) in [6.45, 7) is 0.555. The first-order valence-electron chi connectivity index (χ1n) is 5.75. The largest absolute Gasteiger partial charge is 0.488 e. The van der Waals surface area contributed by atoms with Gasteiger partial charge in [0.15, 0.2) is 0 Å². The van der Waals surface area contributed by atoms with E-state index in [4.69, 9.17) is 10.5 Å². The minimum absolute atomic E-state index is 0.111. The fraction of sp³-hybridized carbons (Fsp3) is 0.308. The molecule has 2 heterocycles. The number of hydrogen-bond acceptors (Lipinski definition) is 3. The molecule has 1 aliphatic heterocycles. The molecule has 0 saturated heterocycles. The molecule has 0 radical (unpaired) electrons. The summed E-state index contributed by atoms with van der Waals surface area (Å²) in [6, 6.07) is 6.23. The molecule has 0 saturated carbocycles. The van der Waals surface area contributed by atoms with Crippen molar-refractivity contribution in [3.8, 4) is 17.0 Å². The molecule has 4 nitrogen and oxygen atoms in total. The molecular formula is C13H15N3O. The van der Waals surface area contributed by atoms with Gasteiger partial charge in [0.1, 0.15) is 11.9 Å². The maximum absolute atomic E-state index is 5.90. The van der Waals surface area contributed by atoms with Gasteiger partial charge in [0, 0.05) is 25.6 Å². The van der Waals surface area contributed by atoms with Crippen LogP contribution in [0.25, 0.3) is 11.3 Å². The van der Waals surface area contributed by atoms with E-state index in [0.717, 1.165) is 23.4 Å². The summed E-state index contributed by atoms with van der Waals surface area (Å²) in [6.07, 6.45) is 4.66. The minimum atomic E-state index is 0.111. The first-order chi connectivity index (χ1) is 8.29. The van der Waals surface area contributed by atoms with Crippen LogP contribution in [0.2, 0.25) is 0 Å². The van der Waals surface area contributed by atoms with Crippen molar-refractivity contribution >= 4 is 0 Å². The average molecular weight is 229 g/mol. The number of aryl methyl sites for hydroxylation is 1. The van der Waals surface area contributed by atoms with Crippen molar-refractivity contribution in [2.75, 3.05) is 6.54 Å². The molecular weight excluding hydrogens is 214 g/mol. The Morgan fingerprint density at radius 1 is 1.53 bits per heavy atom. The van der Waals surface area contributed by atoms with Crippen molar-refractivity contribution < 1.29 is 4.74 Å². The van der Waals surface area contributed by atoms with E-state index in [9.17, 15) is 0 Å². The quantitative estimate of drug-likeness (QED) is 0.845. The number of para-hydroxylation sites is 1. The molecule has 4 heteroatoms. The zero-order valence-electron chi connectivity index (χ0n) is 9.76. The number of imidazole rings is 1. The molecule has 0 aliphatic carbocycles. The van der Waals surface area contributed by atoms with Gasteiger partial charge in [-0.3, -0.25) is 0 Å². The summed E-state index contributed by atoms with van der Waals surface area (Å²) in [4.78, 5) is 4.15. The van der Waals surface area contributed by atoms with Crippen LogP contribution < -0.4 is 10.5 Å². The number of ether oxygens (including phenoxy) is 1. The van der Waals surface area contributed by atoms with Crippen LogP contribution in [-0.2, 0) is 13.5 Å². The highest BCUT2D eigenvalue weighted by Gasteiger charge is 2.25. The summed E-state index contributed by atoms with van der Waals surface area (Å²) < 4.78 is 7.89. The van der Waals surface area contributed by atoms with Gasteiger partial charge in [-0.25, -0.2) is 4.98 Å². The molecule has 0 bridgehead atoms. The number of nitrogens with zero attached hydrogens (tertiary/aromatic N) is 2. The minimum Gasteiger partial charge on any atom is -0.488 e. The van der Waals surface area contributed by atoms with E-state index >= 15 is 0 Å². The van der Waals surface area contributed by atoms with Crippen molar-refractivity contribution in [2.45, 2.75) is 12.5 Å². The maximum Gasteiger partial charge on any atom is 0.132 e. The molecule has 1 atom stereocenters. The van der Waals surface area contributed by atoms with E-state index < -0.39 is 0 Å². The summed E-state index contributed by atoms with van der Waals surface area (Å²) in [5, 5.41) is 0. The molecule has 1 aliphatic rings. The third kappa shape index (κ3) is 1.61. The molecule has 1 aromatic heterocycles. The highest BCUT2D eigenvalue weighted by atomic mass is 16.5. The summed E-state index contributed by atoms with van der Waals surface area (Å²) >= 11 is 0. The van der Waals surface area contributed by atoms with E-state index in [0.29, 0.717) is 6.54 Å². The number of aromatic nitrogens is 2. The average Bonchev–Trinajstić information content (AvgIpc) is 2.93. The van der Waals surface area contributed by atoms with Crippen molar-refractivity contribution in [3.63, 3.8) is 0 Å². The Labute approximate surface area is 100 Å². The Kier molecular flexibility index (Phi) is 2.37. The van der Waals surface area contributed by atoms with Crippen molar-refractivity contribution in [3.05, 3.63) is 36.3 Å². The summed E-state index contributed by atoms with van der Waals surface area (Å²) in [7, 11) is 1.98. The number of rotatable bonds is 2. The van der Waals surface area contributed by atoms with Gasteiger partial charge in [0.25, 0.3) is 0 Å². The highest BCUT2D eigenvalue weighted by molar-refractivity contribution is 5.70. The molecule has 0 amide bonds. The van der Waals surface area contributed by atoms with E-state index in [2.05, 4.69) is 23.2 Å². The van der Waals surface area contributed by atoms with Crippen molar-refractivity contribution in [1.82, 2.24) is 9.55 Å². The second-order valence-electron chi connectivity index (χ2n) is 4.36. The number of hydrogen-bond donors (Lipinski definition) is 1. The topological polar surface area (TPSA) is 53.1 Å². The maximum atomic E-state index is 5.90. The molecule has 88 valence electrons. The van der Waals surface area contributed by atoms with Crippen molar-refractivity contribution in [1.29, 1.82) is 0 Å². The number of benzene rings is 1. The van der Waals surface area contributed by atoms with Crippen LogP contribution in [0, 0.1) is 0 Å². The monoisotopic (exact) mass is 229 g/mol. The van der Waals surface area contributed by atoms with Crippen LogP contribution in [0.3, 0.4) is 0 Å². The summed E-state index contributed by atoms with van der Waals surface area (Å²) in [5.74, 6) is 0.964. The van der Waals surface area contributed by atoms with Gasteiger partial charge in [0.05, 0.1) is 18.2 Å². The van der Waals surface area contributed by atoms with Crippen LogP contribution in [-0.4, -0.2) is 22.2 Å². The second-order valence-corrected chi connectivity index (χ2v) is 4.36. The smallest absolute Gasteiger partial charge is 0.132 e. The number of fused-ring (bicyclic) bond motifs is 1. The Morgan fingerprint density at radius 2 is 2.41 bits per heavy atom. The van der Waals surface area contributed by atoms with Gasteiger partial charge in [-0.1, -0.05) is 12.1 Å². The normalized spacial score (nSPS) is 17.9. The summed E-state index contributed by atoms with van der Waals surface area (Å²) in [5.41, 5.74) is 9.07. The lowest BCUT2D eigenvalue weighted by atomic mass is 10.0. The highest BCUT2D eigenvalue weighted by Crippen LogP contribution is 2.38. The fourth-order valence-electron chi connectivity index (χ4n) is 2.29. The van der Waals surface area contributed by atoms with E-state index in [1.165, 1.54) is 5.56 Å². The van der Waals surface area contributed by atoms with Crippen LogP contribution in [0.5, 0.6) is 5.75 Å². The molecule has 0 spiro atoms. The molecule has 17 heavy (non-hydrogen) atoms. The Balaban J connectivity index is 2.10. The van der Waals surface area contributed by atoms with E-state index in [1.807, 2.05) is 17.8 Å². The zero-order valence-corrected chi connectivity index (χ0v) is 9.76. The SMILES string of the molecule is Cn1cncc1-c1cccc2c1O[C@@H](CN)C2. The third-order valence-electron chi connectivity index (χ3n) is 3.18. The number of nitrogens with two attached hydrogens (primary N) is 1. The first-order valence-corrected chi connectivity index (χ1v) is 5.75. The standard InChI is InChI=1S/C13H15N3O/c1-16-8-15-7-12(16)11-4-2-3-9-5-10(6-14)17-13(9)11/h2-4,7-8,10H,5-6,14H2,1H3/t10-/m1/s1. The third-order valence-corrected chi connectivity index (χ3v) is 3.18. The van der Waals surface area contributed by atoms with Gasteiger partial charge in [0.2, 0.25) is 0 Å². The lowest BCUT2D eigenvalue weighted by molar-refractivity contribution is 0.242. The molecule has 3 rings (SSSR count). The van der Waals surface area contributed by atoms with Crippen LogP contribution in [0.15, 0.2) is 30.7 Å². The van der Waals surface area contributed by atoms with Crippen molar-refractivity contribution in [2.24, 2.45) is 12.8 Å². The molecule has 0 fully saturated rings. The van der Waals surface area contributed by atoms with Crippen LogP contribution >= 0.6 is 0 Å². The molecule has 2 N–H and O–H groups in total. The van der Waals surface area contributed by atoms with Crippen LogP contribution in [0.4, 0.5) is 0 Å². The predicted octanol–water partition coefficient (Wildman–Crippen LogP) is 1.35. The van der Waals surface area contributed by atoms with E-state index in [-0.39, 0.29) is 6.10 Å². The van der Waals surface area contributed by atoms with Crippen LogP contribution in [0.1, 0.15) is 5.56 Å².